The maximum atomic E-state index is 11.2. The topological polar surface area (TPSA) is 109 Å². The third kappa shape index (κ3) is 5.02. The molecule has 8 nitrogen and oxygen atoms in total. The first kappa shape index (κ1) is 20.2. The third-order valence-corrected chi connectivity index (χ3v) is 4.77. The van der Waals surface area contributed by atoms with Gasteiger partial charge in [0.25, 0.3) is 0 Å². The fraction of sp³-hybridized carbons (Fsp3) is 0.500. The molecule has 28 heavy (non-hydrogen) atoms. The molecule has 2 aromatic heterocycles. The molecule has 0 unspecified atom stereocenters. The standard InChI is InChI=1S/C14H15N5O2.C6H12O.H2/c1-14(2,21)10-4-3-8(5-15-10)9-6-16-13-12(18-9)17-7-11(20)19-13;1-7-6-4-2-3-5-6;/h3-6,21H,7H2,1-2H3,(H,17,18)(H,16,19,20);6H,2-5H2,1H3;1H. The lowest BCUT2D eigenvalue weighted by atomic mass is 10.0. The molecule has 0 spiro atoms. The van der Waals surface area contributed by atoms with Crippen molar-refractivity contribution in [2.45, 2.75) is 51.2 Å². The predicted octanol–water partition coefficient (Wildman–Crippen LogP) is 2.95. The highest BCUT2D eigenvalue weighted by atomic mass is 16.5. The molecule has 2 aromatic rings. The number of nitrogens with zero attached hydrogens (tertiary/aromatic N) is 3. The summed E-state index contributed by atoms with van der Waals surface area (Å²) < 4.78 is 5.11. The van der Waals surface area contributed by atoms with E-state index < -0.39 is 5.60 Å². The molecule has 0 aromatic carbocycles. The van der Waals surface area contributed by atoms with Crippen LogP contribution in [0.2, 0.25) is 0 Å². The number of pyridine rings is 1. The van der Waals surface area contributed by atoms with Crippen LogP contribution in [0.1, 0.15) is 46.7 Å². The number of rotatable bonds is 3. The molecule has 1 fully saturated rings. The average Bonchev–Trinajstić information content (AvgIpc) is 3.21. The summed E-state index contributed by atoms with van der Waals surface area (Å²) in [6.45, 7) is 3.54. The number of fused-ring (bicyclic) bond motifs is 1. The first-order valence-electron chi connectivity index (χ1n) is 9.49. The number of nitrogens with one attached hydrogen (secondary N) is 2. The van der Waals surface area contributed by atoms with Crippen molar-refractivity contribution in [2.24, 2.45) is 0 Å². The van der Waals surface area contributed by atoms with E-state index in [2.05, 4.69) is 25.6 Å². The Hall–Kier alpha value is -2.58. The molecule has 1 saturated carbocycles. The predicted molar refractivity (Wildman–Crippen MR) is 109 cm³/mol. The number of amides is 1. The van der Waals surface area contributed by atoms with E-state index in [4.69, 9.17) is 4.74 Å². The van der Waals surface area contributed by atoms with E-state index in [9.17, 15) is 9.90 Å². The highest BCUT2D eigenvalue weighted by molar-refractivity contribution is 5.98. The van der Waals surface area contributed by atoms with Crippen molar-refractivity contribution in [3.05, 3.63) is 30.2 Å². The number of ether oxygens (including phenoxy) is 1. The summed E-state index contributed by atoms with van der Waals surface area (Å²) in [5, 5.41) is 15.4. The summed E-state index contributed by atoms with van der Waals surface area (Å²) in [5.41, 5.74) is 1.04. The minimum absolute atomic E-state index is 0. The smallest absolute Gasteiger partial charge is 0.244 e. The molecule has 0 saturated heterocycles. The van der Waals surface area contributed by atoms with Gasteiger partial charge in [0.2, 0.25) is 5.91 Å². The van der Waals surface area contributed by atoms with Gasteiger partial charge >= 0.3 is 0 Å². The summed E-state index contributed by atoms with van der Waals surface area (Å²) in [5.74, 6) is 0.829. The highest BCUT2D eigenvalue weighted by Crippen LogP contribution is 2.25. The fourth-order valence-electron chi connectivity index (χ4n) is 3.11. The Labute approximate surface area is 166 Å². The Morgan fingerprint density at radius 1 is 1.18 bits per heavy atom. The normalized spacial score (nSPS) is 16.5. The lowest BCUT2D eigenvalue weighted by Gasteiger charge is -2.18. The van der Waals surface area contributed by atoms with Crippen LogP contribution in [0.25, 0.3) is 11.3 Å². The molecule has 1 aliphatic heterocycles. The highest BCUT2D eigenvalue weighted by Gasteiger charge is 2.19. The van der Waals surface area contributed by atoms with Crippen molar-refractivity contribution in [1.82, 2.24) is 15.0 Å². The van der Waals surface area contributed by atoms with E-state index in [1.165, 1.54) is 25.7 Å². The van der Waals surface area contributed by atoms with Crippen LogP contribution in [-0.4, -0.2) is 45.7 Å². The Morgan fingerprint density at radius 3 is 2.50 bits per heavy atom. The van der Waals surface area contributed by atoms with Crippen LogP contribution in [0.3, 0.4) is 0 Å². The van der Waals surface area contributed by atoms with Crippen LogP contribution in [0.5, 0.6) is 0 Å². The minimum atomic E-state index is -0.980. The van der Waals surface area contributed by atoms with Crippen molar-refractivity contribution >= 4 is 17.5 Å². The number of aliphatic hydroxyl groups is 1. The van der Waals surface area contributed by atoms with E-state index in [0.717, 1.165) is 5.56 Å². The van der Waals surface area contributed by atoms with E-state index in [0.29, 0.717) is 29.1 Å². The molecule has 8 heteroatoms. The summed E-state index contributed by atoms with van der Waals surface area (Å²) in [6.07, 6.45) is 9.14. The van der Waals surface area contributed by atoms with Crippen LogP contribution >= 0.6 is 0 Å². The van der Waals surface area contributed by atoms with Gasteiger partial charge in [0.05, 0.1) is 30.2 Å². The molecule has 2 aliphatic rings. The van der Waals surface area contributed by atoms with E-state index in [1.54, 1.807) is 39.4 Å². The van der Waals surface area contributed by atoms with E-state index in [-0.39, 0.29) is 13.9 Å². The monoisotopic (exact) mass is 387 g/mol. The van der Waals surface area contributed by atoms with Crippen LogP contribution < -0.4 is 10.6 Å². The van der Waals surface area contributed by atoms with E-state index in [1.807, 2.05) is 6.07 Å². The van der Waals surface area contributed by atoms with Crippen LogP contribution in [0.15, 0.2) is 24.5 Å². The Kier molecular flexibility index (Phi) is 6.21. The third-order valence-electron chi connectivity index (χ3n) is 4.77. The van der Waals surface area contributed by atoms with Gasteiger partial charge in [0, 0.05) is 20.3 Å². The Bertz CT molecular complexity index is 818. The molecule has 0 atom stereocenters. The van der Waals surface area contributed by atoms with Gasteiger partial charge in [-0.3, -0.25) is 9.78 Å². The Balaban J connectivity index is 0.000000319. The molecule has 3 N–H and O–H groups in total. The zero-order valence-corrected chi connectivity index (χ0v) is 16.5. The fourth-order valence-corrected chi connectivity index (χ4v) is 3.11. The zero-order valence-electron chi connectivity index (χ0n) is 16.5. The second kappa shape index (κ2) is 8.62. The van der Waals surface area contributed by atoms with Gasteiger partial charge in [-0.1, -0.05) is 12.8 Å². The SMILES string of the molecule is CC(C)(O)c1ccc(-c2cnc3c(n2)NCC(=O)N3)cn1.COC1CCCC1.[HH]. The zero-order chi connectivity index (χ0) is 20.1. The number of carbonyl (C=O) groups excluding carboxylic acids is 1. The van der Waals surface area contributed by atoms with Gasteiger partial charge in [-0.2, -0.15) is 0 Å². The molecule has 3 heterocycles. The van der Waals surface area contributed by atoms with Gasteiger partial charge in [-0.05, 0) is 38.8 Å². The average molecular weight is 387 g/mol. The van der Waals surface area contributed by atoms with Gasteiger partial charge < -0.3 is 20.5 Å². The number of hydrogen-bond acceptors (Lipinski definition) is 7. The van der Waals surface area contributed by atoms with Crippen molar-refractivity contribution in [1.29, 1.82) is 0 Å². The molecular formula is C20H29N5O3. The van der Waals surface area contributed by atoms with E-state index >= 15 is 0 Å². The van der Waals surface area contributed by atoms with Crippen molar-refractivity contribution < 1.29 is 16.1 Å². The summed E-state index contributed by atoms with van der Waals surface area (Å²) in [7, 11) is 1.80. The first-order chi connectivity index (χ1) is 13.4. The molecular weight excluding hydrogens is 358 g/mol. The number of hydrogen-bond donors (Lipinski definition) is 3. The summed E-state index contributed by atoms with van der Waals surface area (Å²) >= 11 is 0. The second-order valence-electron chi connectivity index (χ2n) is 7.49. The summed E-state index contributed by atoms with van der Waals surface area (Å²) in [6, 6.07) is 3.59. The largest absolute Gasteiger partial charge is 0.384 e. The van der Waals surface area contributed by atoms with Gasteiger partial charge in [0.15, 0.2) is 11.6 Å². The van der Waals surface area contributed by atoms with Crippen LogP contribution in [-0.2, 0) is 15.1 Å². The van der Waals surface area contributed by atoms with Gasteiger partial charge in [-0.15, -0.1) is 0 Å². The van der Waals surface area contributed by atoms with Crippen molar-refractivity contribution in [3.8, 4) is 11.3 Å². The Morgan fingerprint density at radius 2 is 1.93 bits per heavy atom. The number of carbonyl (C=O) groups is 1. The lowest BCUT2D eigenvalue weighted by molar-refractivity contribution is -0.114. The summed E-state index contributed by atoms with van der Waals surface area (Å²) in [4.78, 5) is 24.1. The van der Waals surface area contributed by atoms with Gasteiger partial charge in [0.1, 0.15) is 5.60 Å². The van der Waals surface area contributed by atoms with Crippen LogP contribution in [0.4, 0.5) is 11.6 Å². The molecule has 4 rings (SSSR count). The van der Waals surface area contributed by atoms with Gasteiger partial charge in [-0.25, -0.2) is 9.97 Å². The minimum Gasteiger partial charge on any atom is -0.384 e. The lowest BCUT2D eigenvalue weighted by Crippen LogP contribution is -2.28. The number of methoxy groups -OCH3 is 1. The first-order valence-corrected chi connectivity index (χ1v) is 9.49. The number of aromatic nitrogens is 3. The van der Waals surface area contributed by atoms with Crippen molar-refractivity contribution in [3.63, 3.8) is 0 Å². The van der Waals surface area contributed by atoms with Crippen molar-refractivity contribution in [2.75, 3.05) is 24.3 Å². The van der Waals surface area contributed by atoms with Crippen LogP contribution in [0, 0.1) is 0 Å². The molecule has 152 valence electrons. The molecule has 0 bridgehead atoms. The number of anilines is 2. The second-order valence-corrected chi connectivity index (χ2v) is 7.49. The molecule has 0 radical (unpaired) electrons. The maximum absolute atomic E-state index is 11.2. The maximum Gasteiger partial charge on any atom is 0.244 e. The molecule has 1 amide bonds. The molecule has 1 aliphatic carbocycles. The quantitative estimate of drug-likeness (QED) is 0.743.